The van der Waals surface area contributed by atoms with Gasteiger partial charge in [0.15, 0.2) is 0 Å². The molecule has 1 rings (SSSR count). The molecule has 2 heteroatoms. The van der Waals surface area contributed by atoms with E-state index >= 15 is 0 Å². The van der Waals surface area contributed by atoms with Gasteiger partial charge in [0.25, 0.3) is 0 Å². The van der Waals surface area contributed by atoms with Crippen LogP contribution in [0.5, 0.6) is 0 Å². The third-order valence-electron chi connectivity index (χ3n) is 1.27. The van der Waals surface area contributed by atoms with Crippen molar-refractivity contribution in [3.8, 4) is 0 Å². The van der Waals surface area contributed by atoms with E-state index in [-0.39, 0.29) is 0 Å². The van der Waals surface area contributed by atoms with E-state index in [1.807, 2.05) is 12.1 Å². The fourth-order valence-electron chi connectivity index (χ4n) is 0.802. The molecular weight excluding hydrogens is 185 g/mol. The van der Waals surface area contributed by atoms with Crippen LogP contribution in [0.2, 0.25) is 5.21 Å². The first-order chi connectivity index (χ1) is 4.84. The Labute approximate surface area is 68.3 Å². The molecule has 0 aliphatic carbocycles. The summed E-state index contributed by atoms with van der Waals surface area (Å²) in [5, 5.41) is 1.25. The Kier molecular flexibility index (Phi) is 2.82. The summed E-state index contributed by atoms with van der Waals surface area (Å²) in [5.74, 6) is 0. The SMILES string of the molecule is CC[As]c1ccccc1N. The third kappa shape index (κ3) is 1.78. The van der Waals surface area contributed by atoms with Crippen LogP contribution in [-0.2, 0) is 0 Å². The van der Waals surface area contributed by atoms with Gasteiger partial charge in [0.1, 0.15) is 0 Å². The van der Waals surface area contributed by atoms with Gasteiger partial charge in [0.05, 0.1) is 0 Å². The molecule has 0 aromatic heterocycles. The second-order valence-corrected chi connectivity index (χ2v) is 5.03. The van der Waals surface area contributed by atoms with Crippen LogP contribution >= 0.6 is 0 Å². The zero-order valence-electron chi connectivity index (χ0n) is 6.04. The standard InChI is InChI=1S/C8H11AsN/c1-2-9-7-5-3-4-6-8(7)10/h3-6H,2,10H2,1H3. The Balaban J connectivity index is 2.81. The van der Waals surface area contributed by atoms with Crippen molar-refractivity contribution in [3.63, 3.8) is 0 Å². The van der Waals surface area contributed by atoms with Crippen LogP contribution in [-0.4, -0.2) is 15.8 Å². The molecule has 0 unspecified atom stereocenters. The summed E-state index contributed by atoms with van der Waals surface area (Å²) in [5.41, 5.74) is 6.69. The van der Waals surface area contributed by atoms with Crippen LogP contribution in [0.1, 0.15) is 6.92 Å². The Hall–Kier alpha value is -0.422. The number of nitrogens with two attached hydrogens (primary N) is 1. The van der Waals surface area contributed by atoms with Crippen LogP contribution in [0, 0.1) is 0 Å². The molecule has 0 heterocycles. The predicted octanol–water partition coefficient (Wildman–Crippen LogP) is 1.04. The third-order valence-corrected chi connectivity index (χ3v) is 3.50. The van der Waals surface area contributed by atoms with Crippen molar-refractivity contribution in [2.45, 2.75) is 12.1 Å². The minimum absolute atomic E-state index is 0.317. The quantitative estimate of drug-likeness (QED) is 0.555. The monoisotopic (exact) mass is 196 g/mol. The van der Waals surface area contributed by atoms with E-state index in [1.54, 1.807) is 0 Å². The molecule has 0 saturated heterocycles. The summed E-state index contributed by atoms with van der Waals surface area (Å²) in [6.07, 6.45) is 0. The number of hydrogen-bond donors (Lipinski definition) is 1. The maximum atomic E-state index is 5.73. The van der Waals surface area contributed by atoms with E-state index in [1.165, 1.54) is 9.56 Å². The normalized spacial score (nSPS) is 10.9. The first-order valence-corrected chi connectivity index (χ1v) is 5.63. The molecule has 0 spiro atoms. The molecule has 0 fully saturated rings. The zero-order valence-corrected chi connectivity index (χ0v) is 7.92. The van der Waals surface area contributed by atoms with Gasteiger partial charge >= 0.3 is 67.9 Å². The van der Waals surface area contributed by atoms with E-state index < -0.39 is 0 Å². The molecule has 53 valence electrons. The van der Waals surface area contributed by atoms with E-state index in [2.05, 4.69) is 19.1 Å². The molecule has 1 nitrogen and oxygen atoms in total. The number of rotatable bonds is 2. The molecule has 1 radical (unpaired) electrons. The summed E-state index contributed by atoms with van der Waals surface area (Å²) in [6.45, 7) is 2.20. The topological polar surface area (TPSA) is 26.0 Å². The van der Waals surface area contributed by atoms with Gasteiger partial charge in [-0.25, -0.2) is 0 Å². The molecule has 0 aliphatic rings. The first kappa shape index (κ1) is 7.68. The molecule has 2 N–H and O–H groups in total. The summed E-state index contributed by atoms with van der Waals surface area (Å²) in [7, 11) is 0. The Bertz CT molecular complexity index is 210. The molecular formula is C8H11AsN. The molecule has 1 aromatic carbocycles. The average molecular weight is 196 g/mol. The number of anilines is 1. The van der Waals surface area contributed by atoms with E-state index in [4.69, 9.17) is 5.73 Å². The summed E-state index contributed by atoms with van der Waals surface area (Å²) < 4.78 is 1.36. The van der Waals surface area contributed by atoms with Gasteiger partial charge in [-0.3, -0.25) is 0 Å². The second kappa shape index (κ2) is 3.68. The van der Waals surface area contributed by atoms with Crippen LogP contribution in [0.4, 0.5) is 5.69 Å². The number of benzene rings is 1. The summed E-state index contributed by atoms with van der Waals surface area (Å²) >= 11 is 0.317. The minimum atomic E-state index is 0.317. The molecule has 10 heavy (non-hydrogen) atoms. The Morgan fingerprint density at radius 1 is 1.40 bits per heavy atom. The van der Waals surface area contributed by atoms with Crippen LogP contribution in [0.15, 0.2) is 24.3 Å². The van der Waals surface area contributed by atoms with E-state index in [9.17, 15) is 0 Å². The number of nitrogen functional groups attached to an aromatic ring is 1. The van der Waals surface area contributed by atoms with Gasteiger partial charge in [-0.1, -0.05) is 0 Å². The molecule has 0 saturated carbocycles. The van der Waals surface area contributed by atoms with Crippen molar-refractivity contribution in [2.75, 3.05) is 5.73 Å². The van der Waals surface area contributed by atoms with Crippen molar-refractivity contribution >= 4 is 25.8 Å². The first-order valence-electron chi connectivity index (χ1n) is 3.36. The maximum absolute atomic E-state index is 5.73. The fourth-order valence-corrected chi connectivity index (χ4v) is 2.46. The van der Waals surface area contributed by atoms with Crippen molar-refractivity contribution in [1.82, 2.24) is 0 Å². The van der Waals surface area contributed by atoms with Crippen molar-refractivity contribution < 1.29 is 0 Å². The number of hydrogen-bond acceptors (Lipinski definition) is 1. The molecule has 0 aliphatic heterocycles. The van der Waals surface area contributed by atoms with Crippen LogP contribution in [0.25, 0.3) is 0 Å². The summed E-state index contributed by atoms with van der Waals surface area (Å²) in [4.78, 5) is 0. The summed E-state index contributed by atoms with van der Waals surface area (Å²) in [6, 6.07) is 8.13. The molecule has 1 aromatic rings. The van der Waals surface area contributed by atoms with Gasteiger partial charge in [-0.2, -0.15) is 0 Å². The molecule has 0 amide bonds. The van der Waals surface area contributed by atoms with Gasteiger partial charge in [-0.05, 0) is 0 Å². The predicted molar refractivity (Wildman–Crippen MR) is 46.7 cm³/mol. The van der Waals surface area contributed by atoms with E-state index in [0.29, 0.717) is 15.8 Å². The fraction of sp³-hybridized carbons (Fsp3) is 0.250. The van der Waals surface area contributed by atoms with Crippen LogP contribution < -0.4 is 10.1 Å². The van der Waals surface area contributed by atoms with Crippen molar-refractivity contribution in [1.29, 1.82) is 0 Å². The average Bonchev–Trinajstić information content (AvgIpc) is 1.94. The van der Waals surface area contributed by atoms with E-state index in [0.717, 1.165) is 5.69 Å². The Morgan fingerprint density at radius 2 is 2.10 bits per heavy atom. The molecule has 0 atom stereocenters. The molecule has 0 bridgehead atoms. The van der Waals surface area contributed by atoms with Gasteiger partial charge in [0.2, 0.25) is 0 Å². The second-order valence-electron chi connectivity index (χ2n) is 2.03. The van der Waals surface area contributed by atoms with Gasteiger partial charge < -0.3 is 0 Å². The van der Waals surface area contributed by atoms with Gasteiger partial charge in [0, 0.05) is 0 Å². The Morgan fingerprint density at radius 3 is 2.70 bits per heavy atom. The van der Waals surface area contributed by atoms with Crippen molar-refractivity contribution in [2.24, 2.45) is 0 Å². The number of para-hydroxylation sites is 1. The zero-order chi connectivity index (χ0) is 7.40. The van der Waals surface area contributed by atoms with Crippen LogP contribution in [0.3, 0.4) is 0 Å². The van der Waals surface area contributed by atoms with Crippen molar-refractivity contribution in [3.05, 3.63) is 24.3 Å². The van der Waals surface area contributed by atoms with Gasteiger partial charge in [-0.15, -0.1) is 0 Å².